The summed E-state index contributed by atoms with van der Waals surface area (Å²) < 4.78 is 12.6. The highest BCUT2D eigenvalue weighted by Gasteiger charge is 1.96. The molecule has 0 atom stereocenters. The summed E-state index contributed by atoms with van der Waals surface area (Å²) in [5, 5.41) is 12.1. The predicted octanol–water partition coefficient (Wildman–Crippen LogP) is 2.54. The van der Waals surface area contributed by atoms with Gasteiger partial charge in [0.15, 0.2) is 0 Å². The standard InChI is InChI=1S/C12H11FN2O/c13-9-1-3-10(4-2-9)14-7-11-5-6-12(16)8-15-11/h1-6,8,14,16H,7H2. The third kappa shape index (κ3) is 2.70. The number of hydrogen-bond donors (Lipinski definition) is 2. The number of hydrogen-bond acceptors (Lipinski definition) is 3. The molecule has 0 aliphatic carbocycles. The van der Waals surface area contributed by atoms with Gasteiger partial charge in [-0.15, -0.1) is 0 Å². The smallest absolute Gasteiger partial charge is 0.133 e. The van der Waals surface area contributed by atoms with E-state index < -0.39 is 0 Å². The fourth-order valence-corrected chi connectivity index (χ4v) is 1.28. The Balaban J connectivity index is 1.97. The first kappa shape index (κ1) is 10.4. The van der Waals surface area contributed by atoms with Crippen LogP contribution in [0.1, 0.15) is 5.69 Å². The number of benzene rings is 1. The molecular weight excluding hydrogens is 207 g/mol. The van der Waals surface area contributed by atoms with Crippen LogP contribution in [0.25, 0.3) is 0 Å². The maximum atomic E-state index is 12.6. The molecule has 4 heteroatoms. The number of halogens is 1. The third-order valence-corrected chi connectivity index (χ3v) is 2.13. The number of anilines is 1. The highest BCUT2D eigenvalue weighted by molar-refractivity contribution is 5.43. The molecule has 3 nitrogen and oxygen atoms in total. The van der Waals surface area contributed by atoms with Crippen LogP contribution in [0.4, 0.5) is 10.1 Å². The second kappa shape index (κ2) is 4.61. The Labute approximate surface area is 92.6 Å². The van der Waals surface area contributed by atoms with Crippen LogP contribution in [0.15, 0.2) is 42.6 Å². The Hall–Kier alpha value is -2.10. The average Bonchev–Trinajstić information content (AvgIpc) is 2.30. The van der Waals surface area contributed by atoms with E-state index in [1.165, 1.54) is 18.3 Å². The van der Waals surface area contributed by atoms with E-state index >= 15 is 0 Å². The predicted molar refractivity (Wildman–Crippen MR) is 59.6 cm³/mol. The summed E-state index contributed by atoms with van der Waals surface area (Å²) in [5.41, 5.74) is 1.64. The van der Waals surface area contributed by atoms with Gasteiger partial charge in [0.1, 0.15) is 11.6 Å². The Kier molecular flexibility index (Phi) is 3.00. The number of aromatic nitrogens is 1. The lowest BCUT2D eigenvalue weighted by Crippen LogP contribution is -2.00. The second-order valence-corrected chi connectivity index (χ2v) is 3.37. The monoisotopic (exact) mass is 218 g/mol. The van der Waals surface area contributed by atoms with Crippen molar-refractivity contribution in [3.05, 3.63) is 54.1 Å². The molecule has 2 aromatic rings. The Morgan fingerprint density at radius 2 is 1.88 bits per heavy atom. The topological polar surface area (TPSA) is 45.1 Å². The molecule has 0 radical (unpaired) electrons. The molecule has 0 unspecified atom stereocenters. The molecule has 1 heterocycles. The fourth-order valence-electron chi connectivity index (χ4n) is 1.28. The highest BCUT2D eigenvalue weighted by Crippen LogP contribution is 2.11. The molecule has 1 aromatic carbocycles. The van der Waals surface area contributed by atoms with E-state index in [1.54, 1.807) is 24.3 Å². The summed E-state index contributed by atoms with van der Waals surface area (Å²) in [4.78, 5) is 4.02. The lowest BCUT2D eigenvalue weighted by molar-refractivity contribution is 0.472. The molecule has 0 amide bonds. The van der Waals surface area contributed by atoms with Crippen molar-refractivity contribution < 1.29 is 9.50 Å². The van der Waals surface area contributed by atoms with Crippen molar-refractivity contribution in [3.63, 3.8) is 0 Å². The van der Waals surface area contributed by atoms with Gasteiger partial charge < -0.3 is 10.4 Å². The van der Waals surface area contributed by atoms with Gasteiger partial charge in [0.2, 0.25) is 0 Å². The van der Waals surface area contributed by atoms with Crippen molar-refractivity contribution >= 4 is 5.69 Å². The number of nitrogens with zero attached hydrogens (tertiary/aromatic N) is 1. The van der Waals surface area contributed by atoms with Crippen molar-refractivity contribution in [1.82, 2.24) is 4.98 Å². The SMILES string of the molecule is Oc1ccc(CNc2ccc(F)cc2)nc1. The van der Waals surface area contributed by atoms with Crippen LogP contribution in [-0.4, -0.2) is 10.1 Å². The Morgan fingerprint density at radius 3 is 2.50 bits per heavy atom. The quantitative estimate of drug-likeness (QED) is 0.832. The maximum absolute atomic E-state index is 12.6. The zero-order valence-electron chi connectivity index (χ0n) is 8.52. The van der Waals surface area contributed by atoms with Gasteiger partial charge in [-0.2, -0.15) is 0 Å². The van der Waals surface area contributed by atoms with Crippen molar-refractivity contribution in [2.45, 2.75) is 6.54 Å². The molecule has 0 aliphatic heterocycles. The van der Waals surface area contributed by atoms with E-state index in [-0.39, 0.29) is 11.6 Å². The van der Waals surface area contributed by atoms with E-state index in [1.807, 2.05) is 0 Å². The van der Waals surface area contributed by atoms with Gasteiger partial charge in [0, 0.05) is 5.69 Å². The lowest BCUT2D eigenvalue weighted by Gasteiger charge is -2.05. The van der Waals surface area contributed by atoms with Gasteiger partial charge in [-0.05, 0) is 36.4 Å². The van der Waals surface area contributed by atoms with Crippen molar-refractivity contribution in [2.24, 2.45) is 0 Å². The first-order valence-electron chi connectivity index (χ1n) is 4.87. The number of aromatic hydroxyl groups is 1. The van der Waals surface area contributed by atoms with Crippen LogP contribution in [0, 0.1) is 5.82 Å². The molecule has 2 N–H and O–H groups in total. The van der Waals surface area contributed by atoms with E-state index in [9.17, 15) is 4.39 Å². The molecular formula is C12H11FN2O. The van der Waals surface area contributed by atoms with Gasteiger partial charge in [0.05, 0.1) is 18.4 Å². The minimum atomic E-state index is -0.256. The van der Waals surface area contributed by atoms with Crippen molar-refractivity contribution in [3.8, 4) is 5.75 Å². The van der Waals surface area contributed by atoms with Crippen LogP contribution in [0.3, 0.4) is 0 Å². The molecule has 0 bridgehead atoms. The summed E-state index contributed by atoms with van der Waals surface area (Å²) in [5.74, 6) is -0.112. The number of rotatable bonds is 3. The second-order valence-electron chi connectivity index (χ2n) is 3.37. The van der Waals surface area contributed by atoms with Crippen molar-refractivity contribution in [2.75, 3.05) is 5.32 Å². The summed E-state index contributed by atoms with van der Waals surface area (Å²) in [6, 6.07) is 9.42. The summed E-state index contributed by atoms with van der Waals surface area (Å²) in [6.07, 6.45) is 1.39. The maximum Gasteiger partial charge on any atom is 0.133 e. The molecule has 1 aromatic heterocycles. The fraction of sp³-hybridized carbons (Fsp3) is 0.0833. The summed E-state index contributed by atoms with van der Waals surface area (Å²) in [7, 11) is 0. The largest absolute Gasteiger partial charge is 0.506 e. The zero-order valence-corrected chi connectivity index (χ0v) is 8.52. The minimum Gasteiger partial charge on any atom is -0.506 e. The first-order valence-corrected chi connectivity index (χ1v) is 4.87. The van der Waals surface area contributed by atoms with Gasteiger partial charge in [0.25, 0.3) is 0 Å². The van der Waals surface area contributed by atoms with Crippen LogP contribution < -0.4 is 5.32 Å². The van der Waals surface area contributed by atoms with Crippen molar-refractivity contribution in [1.29, 1.82) is 0 Å². The molecule has 16 heavy (non-hydrogen) atoms. The van der Waals surface area contributed by atoms with Crippen LogP contribution >= 0.6 is 0 Å². The highest BCUT2D eigenvalue weighted by atomic mass is 19.1. The van der Waals surface area contributed by atoms with E-state index in [2.05, 4.69) is 10.3 Å². The van der Waals surface area contributed by atoms with Gasteiger partial charge in [-0.25, -0.2) is 4.39 Å². The summed E-state index contributed by atoms with van der Waals surface area (Å²) in [6.45, 7) is 0.534. The third-order valence-electron chi connectivity index (χ3n) is 2.13. The normalized spacial score (nSPS) is 10.1. The van der Waals surface area contributed by atoms with Gasteiger partial charge in [-0.1, -0.05) is 0 Å². The lowest BCUT2D eigenvalue weighted by atomic mass is 10.3. The summed E-state index contributed by atoms with van der Waals surface area (Å²) >= 11 is 0. The van der Waals surface area contributed by atoms with E-state index in [0.717, 1.165) is 11.4 Å². The van der Waals surface area contributed by atoms with E-state index in [0.29, 0.717) is 6.54 Å². The Morgan fingerprint density at radius 1 is 1.12 bits per heavy atom. The van der Waals surface area contributed by atoms with Crippen LogP contribution in [0.5, 0.6) is 5.75 Å². The van der Waals surface area contributed by atoms with Gasteiger partial charge in [-0.3, -0.25) is 4.98 Å². The number of pyridine rings is 1. The minimum absolute atomic E-state index is 0.144. The molecule has 82 valence electrons. The number of nitrogens with one attached hydrogen (secondary N) is 1. The molecule has 0 spiro atoms. The Bertz CT molecular complexity index is 408. The van der Waals surface area contributed by atoms with Crippen LogP contribution in [0.2, 0.25) is 0 Å². The first-order chi connectivity index (χ1) is 7.74. The molecule has 0 saturated heterocycles. The average molecular weight is 218 g/mol. The molecule has 0 saturated carbocycles. The van der Waals surface area contributed by atoms with E-state index in [4.69, 9.17) is 5.11 Å². The molecule has 2 rings (SSSR count). The van der Waals surface area contributed by atoms with Crippen LogP contribution in [-0.2, 0) is 6.54 Å². The molecule has 0 aliphatic rings. The zero-order chi connectivity index (χ0) is 11.4. The van der Waals surface area contributed by atoms with Gasteiger partial charge >= 0.3 is 0 Å². The molecule has 0 fully saturated rings.